The molecule has 0 saturated heterocycles. The average molecular weight is 341 g/mol. The van der Waals surface area contributed by atoms with Gasteiger partial charge in [0, 0.05) is 13.0 Å². The summed E-state index contributed by atoms with van der Waals surface area (Å²) in [5.41, 5.74) is 7.87. The van der Waals surface area contributed by atoms with E-state index in [0.29, 0.717) is 13.0 Å². The Morgan fingerprint density at radius 3 is 2.43 bits per heavy atom. The molecule has 1 aliphatic rings. The Morgan fingerprint density at radius 1 is 1.26 bits per heavy atom. The van der Waals surface area contributed by atoms with Crippen LogP contribution in [0.4, 0.5) is 0 Å². The van der Waals surface area contributed by atoms with Crippen molar-refractivity contribution in [3.63, 3.8) is 0 Å². The van der Waals surface area contributed by atoms with Gasteiger partial charge in [-0.15, -0.1) is 12.4 Å². The summed E-state index contributed by atoms with van der Waals surface area (Å²) in [7, 11) is 0. The first-order valence-electron chi connectivity index (χ1n) is 8.26. The van der Waals surface area contributed by atoms with E-state index in [-0.39, 0.29) is 30.3 Å². The number of amides is 1. The van der Waals surface area contributed by atoms with Crippen molar-refractivity contribution in [1.29, 1.82) is 0 Å². The maximum Gasteiger partial charge on any atom is 0.220 e. The summed E-state index contributed by atoms with van der Waals surface area (Å²) in [5.74, 6) is -0.00138. The lowest BCUT2D eigenvalue weighted by atomic mass is 9.71. The molecule has 0 bridgehead atoms. The van der Waals surface area contributed by atoms with Crippen LogP contribution in [0.25, 0.3) is 0 Å². The van der Waals surface area contributed by atoms with E-state index in [1.54, 1.807) is 0 Å². The summed E-state index contributed by atoms with van der Waals surface area (Å²) in [5, 5.41) is 13.0. The Balaban J connectivity index is 0.00000264. The van der Waals surface area contributed by atoms with E-state index < -0.39 is 6.10 Å². The van der Waals surface area contributed by atoms with Crippen LogP contribution in [-0.4, -0.2) is 24.1 Å². The quantitative estimate of drug-likeness (QED) is 0.745. The number of benzene rings is 1. The van der Waals surface area contributed by atoms with Crippen molar-refractivity contribution in [3.05, 3.63) is 35.4 Å². The number of aliphatic hydroxyl groups is 1. The van der Waals surface area contributed by atoms with Crippen LogP contribution < -0.4 is 11.1 Å². The van der Waals surface area contributed by atoms with E-state index in [1.807, 2.05) is 31.2 Å². The summed E-state index contributed by atoms with van der Waals surface area (Å²) in [6.07, 6.45) is 5.46. The molecular weight excluding hydrogens is 312 g/mol. The average Bonchev–Trinajstić information content (AvgIpc) is 2.54. The maximum atomic E-state index is 12.2. The summed E-state index contributed by atoms with van der Waals surface area (Å²) in [6, 6.07) is 7.72. The van der Waals surface area contributed by atoms with Crippen molar-refractivity contribution in [3.8, 4) is 0 Å². The molecule has 4 N–H and O–H groups in total. The van der Waals surface area contributed by atoms with Gasteiger partial charge in [0.1, 0.15) is 0 Å². The van der Waals surface area contributed by atoms with E-state index in [2.05, 4.69) is 5.32 Å². The summed E-state index contributed by atoms with van der Waals surface area (Å²) < 4.78 is 0. The smallest absolute Gasteiger partial charge is 0.220 e. The van der Waals surface area contributed by atoms with E-state index in [1.165, 1.54) is 6.42 Å². The number of aryl methyl sites for hydroxylation is 1. The molecule has 1 aromatic rings. The van der Waals surface area contributed by atoms with Crippen LogP contribution in [0.2, 0.25) is 0 Å². The largest absolute Gasteiger partial charge is 0.387 e. The lowest BCUT2D eigenvalue weighted by molar-refractivity contribution is -0.124. The number of nitrogens with one attached hydrogen (secondary N) is 1. The second kappa shape index (κ2) is 9.26. The highest BCUT2D eigenvalue weighted by molar-refractivity contribution is 5.85. The molecule has 0 radical (unpaired) electrons. The first-order chi connectivity index (χ1) is 10.5. The summed E-state index contributed by atoms with van der Waals surface area (Å²) in [4.78, 5) is 12.2. The lowest BCUT2D eigenvalue weighted by Crippen LogP contribution is -2.39. The van der Waals surface area contributed by atoms with Gasteiger partial charge in [0.25, 0.3) is 0 Å². The van der Waals surface area contributed by atoms with E-state index >= 15 is 0 Å². The van der Waals surface area contributed by atoms with Gasteiger partial charge < -0.3 is 16.2 Å². The minimum atomic E-state index is -0.662. The Hall–Kier alpha value is -1.10. The van der Waals surface area contributed by atoms with Gasteiger partial charge in [-0.2, -0.15) is 0 Å². The van der Waals surface area contributed by atoms with E-state index in [4.69, 9.17) is 5.73 Å². The minimum Gasteiger partial charge on any atom is -0.387 e. The number of hydrogen-bond acceptors (Lipinski definition) is 3. The minimum absolute atomic E-state index is 0. The molecule has 1 saturated carbocycles. The van der Waals surface area contributed by atoms with Gasteiger partial charge in [0.15, 0.2) is 0 Å². The van der Waals surface area contributed by atoms with Crippen LogP contribution in [0.3, 0.4) is 0 Å². The summed E-state index contributed by atoms with van der Waals surface area (Å²) in [6.45, 7) is 2.83. The molecule has 1 aromatic carbocycles. The normalized spacial score (nSPS) is 17.9. The van der Waals surface area contributed by atoms with Gasteiger partial charge in [-0.05, 0) is 37.3 Å². The molecule has 0 aliphatic heterocycles. The molecule has 0 heterocycles. The van der Waals surface area contributed by atoms with Crippen LogP contribution in [0.15, 0.2) is 24.3 Å². The number of nitrogens with two attached hydrogens (primary N) is 1. The van der Waals surface area contributed by atoms with E-state index in [9.17, 15) is 9.90 Å². The van der Waals surface area contributed by atoms with Gasteiger partial charge in [0.2, 0.25) is 5.91 Å². The van der Waals surface area contributed by atoms with Crippen LogP contribution >= 0.6 is 12.4 Å². The number of aliphatic hydroxyl groups excluding tert-OH is 1. The van der Waals surface area contributed by atoms with Crippen molar-refractivity contribution in [2.45, 2.75) is 51.6 Å². The molecule has 0 aromatic heterocycles. The van der Waals surface area contributed by atoms with Crippen molar-refractivity contribution in [2.24, 2.45) is 11.1 Å². The first kappa shape index (κ1) is 19.9. The Kier molecular flexibility index (Phi) is 8.03. The highest BCUT2D eigenvalue weighted by Crippen LogP contribution is 2.38. The molecule has 4 nitrogen and oxygen atoms in total. The molecule has 2 rings (SSSR count). The highest BCUT2D eigenvalue weighted by Gasteiger charge is 2.32. The van der Waals surface area contributed by atoms with Gasteiger partial charge in [-0.25, -0.2) is 0 Å². The molecule has 1 amide bonds. The zero-order chi connectivity index (χ0) is 16.0. The third-order valence-electron chi connectivity index (χ3n) is 4.84. The molecule has 0 spiro atoms. The maximum absolute atomic E-state index is 12.2. The first-order valence-corrected chi connectivity index (χ1v) is 8.26. The third kappa shape index (κ3) is 5.79. The zero-order valence-corrected chi connectivity index (χ0v) is 14.7. The second-order valence-corrected chi connectivity index (χ2v) is 6.67. The Morgan fingerprint density at radius 2 is 1.87 bits per heavy atom. The van der Waals surface area contributed by atoms with Crippen molar-refractivity contribution in [2.75, 3.05) is 13.1 Å². The zero-order valence-electron chi connectivity index (χ0n) is 13.9. The number of halogens is 1. The van der Waals surface area contributed by atoms with Gasteiger partial charge in [-0.1, -0.05) is 49.1 Å². The highest BCUT2D eigenvalue weighted by atomic mass is 35.5. The van der Waals surface area contributed by atoms with Crippen molar-refractivity contribution in [1.82, 2.24) is 5.32 Å². The predicted molar refractivity (Wildman–Crippen MR) is 95.6 cm³/mol. The fourth-order valence-corrected chi connectivity index (χ4v) is 3.27. The van der Waals surface area contributed by atoms with Gasteiger partial charge in [-0.3, -0.25) is 4.79 Å². The summed E-state index contributed by atoms with van der Waals surface area (Å²) >= 11 is 0. The number of rotatable bonds is 6. The van der Waals surface area contributed by atoms with Crippen LogP contribution in [-0.2, 0) is 4.79 Å². The Labute approximate surface area is 145 Å². The van der Waals surface area contributed by atoms with E-state index in [0.717, 1.165) is 36.8 Å². The molecule has 1 aliphatic carbocycles. The number of hydrogen-bond donors (Lipinski definition) is 3. The topological polar surface area (TPSA) is 75.3 Å². The number of carbonyl (C=O) groups excluding carboxylic acids is 1. The van der Waals surface area contributed by atoms with Crippen LogP contribution in [0.5, 0.6) is 0 Å². The SMILES string of the molecule is Cc1ccc(C(O)CNC(=O)CC2(CN)CCCCC2)cc1.Cl. The second-order valence-electron chi connectivity index (χ2n) is 6.67. The lowest BCUT2D eigenvalue weighted by Gasteiger charge is -2.35. The molecular formula is C18H29ClN2O2. The Bertz CT molecular complexity index is 484. The standard InChI is InChI=1S/C18H28N2O2.ClH/c1-14-5-7-15(8-6-14)16(21)12-20-17(22)11-18(13-19)9-3-2-4-10-18;/h5-8,16,21H,2-4,9-13,19H2,1H3,(H,20,22);1H. The van der Waals surface area contributed by atoms with Crippen molar-refractivity contribution >= 4 is 18.3 Å². The van der Waals surface area contributed by atoms with Gasteiger partial charge in [0.05, 0.1) is 6.10 Å². The van der Waals surface area contributed by atoms with Crippen LogP contribution in [0.1, 0.15) is 55.8 Å². The van der Waals surface area contributed by atoms with Gasteiger partial charge >= 0.3 is 0 Å². The molecule has 1 unspecified atom stereocenters. The fraction of sp³-hybridized carbons (Fsp3) is 0.611. The van der Waals surface area contributed by atoms with Crippen molar-refractivity contribution < 1.29 is 9.90 Å². The molecule has 130 valence electrons. The third-order valence-corrected chi connectivity index (χ3v) is 4.84. The number of carbonyl (C=O) groups is 1. The molecule has 5 heteroatoms. The molecule has 1 fully saturated rings. The fourth-order valence-electron chi connectivity index (χ4n) is 3.27. The molecule has 23 heavy (non-hydrogen) atoms. The molecule has 1 atom stereocenters. The predicted octanol–water partition coefficient (Wildman–Crippen LogP) is 2.87. The van der Waals surface area contributed by atoms with Crippen LogP contribution in [0, 0.1) is 12.3 Å². The monoisotopic (exact) mass is 340 g/mol.